The zero-order valence-electron chi connectivity index (χ0n) is 10.9. The van der Waals surface area contributed by atoms with Crippen molar-refractivity contribution >= 4 is 16.0 Å². The van der Waals surface area contributed by atoms with Crippen LogP contribution in [0.15, 0.2) is 23.1 Å². The lowest BCUT2D eigenvalue weighted by atomic mass is 10.2. The van der Waals surface area contributed by atoms with E-state index in [0.29, 0.717) is 6.42 Å². The van der Waals surface area contributed by atoms with Crippen LogP contribution in [0.3, 0.4) is 0 Å². The number of carbonyl (C=O) groups is 1. The Labute approximate surface area is 111 Å². The third-order valence-corrected chi connectivity index (χ3v) is 5.02. The minimum absolute atomic E-state index is 0.228. The topological polar surface area (TPSA) is 74.7 Å². The van der Waals surface area contributed by atoms with Crippen LogP contribution in [0.25, 0.3) is 0 Å². The number of rotatable bonds is 5. The summed E-state index contributed by atoms with van der Waals surface area (Å²) < 4.78 is 38.8. The minimum atomic E-state index is -3.82. The fourth-order valence-electron chi connectivity index (χ4n) is 1.49. The molecule has 0 heterocycles. The Morgan fingerprint density at radius 3 is 2.53 bits per heavy atom. The highest BCUT2D eigenvalue weighted by Gasteiger charge is 2.26. The number of aromatic carboxylic acids is 1. The summed E-state index contributed by atoms with van der Waals surface area (Å²) in [5.74, 6) is -2.46. The Hall–Kier alpha value is -1.47. The first-order valence-corrected chi connectivity index (χ1v) is 7.16. The molecule has 0 aliphatic rings. The SMILES string of the molecule is CCC(C)N(C)S(=O)(=O)c1ccc(F)c(C(=O)O)c1. The lowest BCUT2D eigenvalue weighted by Crippen LogP contribution is -2.34. The van der Waals surface area contributed by atoms with E-state index < -0.39 is 27.4 Å². The molecule has 0 fully saturated rings. The number of hydrogen-bond donors (Lipinski definition) is 1. The zero-order chi connectivity index (χ0) is 14.8. The van der Waals surface area contributed by atoms with Gasteiger partial charge in [-0.3, -0.25) is 0 Å². The van der Waals surface area contributed by atoms with Gasteiger partial charge in [0.1, 0.15) is 5.82 Å². The summed E-state index contributed by atoms with van der Waals surface area (Å²) in [6.45, 7) is 3.57. The summed E-state index contributed by atoms with van der Waals surface area (Å²) in [6, 6.07) is 2.52. The molecule has 0 saturated heterocycles. The molecule has 106 valence electrons. The average molecular weight is 289 g/mol. The first-order valence-electron chi connectivity index (χ1n) is 5.72. The summed E-state index contributed by atoms with van der Waals surface area (Å²) in [6.07, 6.45) is 0.614. The van der Waals surface area contributed by atoms with E-state index in [4.69, 9.17) is 5.11 Å². The zero-order valence-corrected chi connectivity index (χ0v) is 11.7. The van der Waals surface area contributed by atoms with Crippen molar-refractivity contribution in [1.29, 1.82) is 0 Å². The molecule has 1 rings (SSSR count). The number of nitrogens with zero attached hydrogens (tertiary/aromatic N) is 1. The van der Waals surface area contributed by atoms with Gasteiger partial charge in [-0.15, -0.1) is 0 Å². The van der Waals surface area contributed by atoms with Crippen LogP contribution in [-0.4, -0.2) is 36.9 Å². The number of halogens is 1. The Morgan fingerprint density at radius 2 is 2.05 bits per heavy atom. The van der Waals surface area contributed by atoms with Crippen molar-refractivity contribution < 1.29 is 22.7 Å². The van der Waals surface area contributed by atoms with Gasteiger partial charge in [-0.25, -0.2) is 17.6 Å². The summed E-state index contributed by atoms with van der Waals surface area (Å²) in [4.78, 5) is 10.6. The number of sulfonamides is 1. The van der Waals surface area contributed by atoms with Gasteiger partial charge in [0.25, 0.3) is 0 Å². The van der Waals surface area contributed by atoms with Crippen molar-refractivity contribution in [2.75, 3.05) is 7.05 Å². The highest BCUT2D eigenvalue weighted by atomic mass is 32.2. The number of carboxylic acid groups (broad SMARTS) is 1. The maximum Gasteiger partial charge on any atom is 0.338 e. The smallest absolute Gasteiger partial charge is 0.338 e. The molecule has 0 saturated carbocycles. The van der Waals surface area contributed by atoms with Crippen LogP contribution in [0.2, 0.25) is 0 Å². The first-order chi connectivity index (χ1) is 8.71. The van der Waals surface area contributed by atoms with E-state index in [1.54, 1.807) is 6.92 Å². The Bertz CT molecular complexity index is 585. The summed E-state index contributed by atoms with van der Waals surface area (Å²) in [5.41, 5.74) is -0.654. The van der Waals surface area contributed by atoms with Crippen LogP contribution in [0.1, 0.15) is 30.6 Å². The van der Waals surface area contributed by atoms with Crippen molar-refractivity contribution in [3.63, 3.8) is 0 Å². The summed E-state index contributed by atoms with van der Waals surface area (Å²) in [7, 11) is -2.41. The second-order valence-electron chi connectivity index (χ2n) is 4.23. The van der Waals surface area contributed by atoms with Gasteiger partial charge in [0.05, 0.1) is 10.5 Å². The number of carboxylic acids is 1. The van der Waals surface area contributed by atoms with Crippen molar-refractivity contribution in [3.05, 3.63) is 29.6 Å². The van der Waals surface area contributed by atoms with Crippen LogP contribution in [0.4, 0.5) is 4.39 Å². The monoisotopic (exact) mass is 289 g/mol. The fourth-order valence-corrected chi connectivity index (χ4v) is 2.95. The average Bonchev–Trinajstić information content (AvgIpc) is 2.36. The van der Waals surface area contributed by atoms with E-state index in [1.165, 1.54) is 7.05 Å². The van der Waals surface area contributed by atoms with Gasteiger partial charge >= 0.3 is 5.97 Å². The Morgan fingerprint density at radius 1 is 1.47 bits per heavy atom. The fraction of sp³-hybridized carbons (Fsp3) is 0.417. The van der Waals surface area contributed by atoms with Crippen LogP contribution in [-0.2, 0) is 10.0 Å². The van der Waals surface area contributed by atoms with Crippen molar-refractivity contribution in [3.8, 4) is 0 Å². The Balaban J connectivity index is 3.30. The summed E-state index contributed by atoms with van der Waals surface area (Å²) >= 11 is 0. The molecule has 0 radical (unpaired) electrons. The van der Waals surface area contributed by atoms with E-state index in [-0.39, 0.29) is 10.9 Å². The molecule has 0 bridgehead atoms. The third kappa shape index (κ3) is 3.10. The van der Waals surface area contributed by atoms with Crippen molar-refractivity contribution in [2.24, 2.45) is 0 Å². The molecule has 0 amide bonds. The molecule has 1 aromatic carbocycles. The molecule has 0 aliphatic heterocycles. The highest BCUT2D eigenvalue weighted by Crippen LogP contribution is 2.20. The number of hydrogen-bond acceptors (Lipinski definition) is 3. The van der Waals surface area contributed by atoms with Gasteiger partial charge in [-0.05, 0) is 31.5 Å². The van der Waals surface area contributed by atoms with Gasteiger partial charge in [-0.1, -0.05) is 6.92 Å². The van der Waals surface area contributed by atoms with E-state index in [0.717, 1.165) is 22.5 Å². The predicted molar refractivity (Wildman–Crippen MR) is 68.1 cm³/mol. The largest absolute Gasteiger partial charge is 0.478 e. The van der Waals surface area contributed by atoms with Gasteiger partial charge in [0, 0.05) is 13.1 Å². The second-order valence-corrected chi connectivity index (χ2v) is 6.22. The molecule has 0 aromatic heterocycles. The minimum Gasteiger partial charge on any atom is -0.478 e. The van der Waals surface area contributed by atoms with Crippen molar-refractivity contribution in [1.82, 2.24) is 4.31 Å². The maximum absolute atomic E-state index is 13.2. The highest BCUT2D eigenvalue weighted by molar-refractivity contribution is 7.89. The molecular formula is C12H16FNO4S. The predicted octanol–water partition coefficient (Wildman–Crippen LogP) is 1.94. The van der Waals surface area contributed by atoms with Crippen LogP contribution < -0.4 is 0 Å². The van der Waals surface area contributed by atoms with Crippen LogP contribution in [0.5, 0.6) is 0 Å². The Kier molecular flexibility index (Phi) is 4.65. The molecule has 1 N–H and O–H groups in total. The van der Waals surface area contributed by atoms with Gasteiger partial charge in [-0.2, -0.15) is 4.31 Å². The summed E-state index contributed by atoms with van der Waals surface area (Å²) in [5, 5.41) is 8.80. The third-order valence-electron chi connectivity index (χ3n) is 3.06. The second kappa shape index (κ2) is 5.66. The molecule has 1 atom stereocenters. The molecule has 0 spiro atoms. The lowest BCUT2D eigenvalue weighted by Gasteiger charge is -2.23. The van der Waals surface area contributed by atoms with E-state index in [2.05, 4.69) is 0 Å². The van der Waals surface area contributed by atoms with E-state index in [1.807, 2.05) is 6.92 Å². The normalized spacial score (nSPS) is 13.5. The molecular weight excluding hydrogens is 273 g/mol. The van der Waals surface area contributed by atoms with Crippen LogP contribution >= 0.6 is 0 Å². The van der Waals surface area contributed by atoms with Gasteiger partial charge in [0.15, 0.2) is 0 Å². The standard InChI is InChI=1S/C12H16FNO4S/c1-4-8(2)14(3)19(17,18)9-5-6-11(13)10(7-9)12(15)16/h5-8H,4H2,1-3H3,(H,15,16). The van der Waals surface area contributed by atoms with Gasteiger partial charge < -0.3 is 5.11 Å². The number of benzene rings is 1. The lowest BCUT2D eigenvalue weighted by molar-refractivity contribution is 0.0691. The van der Waals surface area contributed by atoms with Crippen molar-refractivity contribution in [2.45, 2.75) is 31.2 Å². The molecule has 1 aromatic rings. The van der Waals surface area contributed by atoms with Crippen LogP contribution in [0, 0.1) is 5.82 Å². The van der Waals surface area contributed by atoms with E-state index in [9.17, 15) is 17.6 Å². The molecule has 19 heavy (non-hydrogen) atoms. The quantitative estimate of drug-likeness (QED) is 0.899. The molecule has 0 aliphatic carbocycles. The van der Waals surface area contributed by atoms with E-state index >= 15 is 0 Å². The molecule has 5 nitrogen and oxygen atoms in total. The molecule has 1 unspecified atom stereocenters. The van der Waals surface area contributed by atoms with Gasteiger partial charge in [0.2, 0.25) is 10.0 Å². The molecule has 7 heteroatoms. The first kappa shape index (κ1) is 15.6. The maximum atomic E-state index is 13.2.